The number of aromatic nitrogens is 2. The molecule has 0 saturated heterocycles. The van der Waals surface area contributed by atoms with Crippen molar-refractivity contribution < 1.29 is 9.53 Å². The monoisotopic (exact) mass is 411 g/mol. The predicted molar refractivity (Wildman–Crippen MR) is 118 cm³/mol. The third kappa shape index (κ3) is 4.98. The number of hydrogen-bond acceptors (Lipinski definition) is 5. The Morgan fingerprint density at radius 1 is 1.24 bits per heavy atom. The van der Waals surface area contributed by atoms with Gasteiger partial charge < -0.3 is 10.1 Å². The van der Waals surface area contributed by atoms with Gasteiger partial charge in [0.25, 0.3) is 5.56 Å². The Labute approximate surface area is 174 Å². The molecule has 0 aliphatic rings. The van der Waals surface area contributed by atoms with Crippen molar-refractivity contribution in [3.8, 4) is 5.75 Å². The molecular weight excluding hydrogens is 386 g/mol. The number of carbonyl (C=O) groups is 1. The quantitative estimate of drug-likeness (QED) is 0.441. The van der Waals surface area contributed by atoms with Crippen molar-refractivity contribution in [3.05, 3.63) is 58.9 Å². The molecule has 0 bridgehead atoms. The van der Waals surface area contributed by atoms with Crippen molar-refractivity contribution in [1.29, 1.82) is 0 Å². The number of benzene rings is 2. The molecule has 7 heteroatoms. The largest absolute Gasteiger partial charge is 0.497 e. The van der Waals surface area contributed by atoms with Crippen LogP contribution in [0, 0.1) is 0 Å². The first kappa shape index (κ1) is 20.9. The minimum absolute atomic E-state index is 0.0630. The van der Waals surface area contributed by atoms with Crippen LogP contribution < -0.4 is 15.6 Å². The molecule has 152 valence electrons. The molecule has 3 aromatic rings. The highest BCUT2D eigenvalue weighted by Gasteiger charge is 2.19. The fourth-order valence-corrected chi connectivity index (χ4v) is 3.84. The highest BCUT2D eigenvalue weighted by Crippen LogP contribution is 2.25. The topological polar surface area (TPSA) is 73.2 Å². The van der Waals surface area contributed by atoms with Crippen LogP contribution in [0.3, 0.4) is 0 Å². The number of rotatable bonds is 8. The Bertz CT molecular complexity index is 1060. The third-order valence-corrected chi connectivity index (χ3v) is 5.64. The van der Waals surface area contributed by atoms with E-state index in [0.29, 0.717) is 34.0 Å². The summed E-state index contributed by atoms with van der Waals surface area (Å²) < 4.78 is 6.88. The van der Waals surface area contributed by atoms with Gasteiger partial charge in [0.05, 0.1) is 23.3 Å². The molecule has 1 heterocycles. The Kier molecular flexibility index (Phi) is 6.93. The summed E-state index contributed by atoms with van der Waals surface area (Å²) >= 11 is 1.30. The summed E-state index contributed by atoms with van der Waals surface area (Å²) in [5.41, 5.74) is 1.25. The number of fused-ring (bicyclic) bond motifs is 1. The lowest BCUT2D eigenvalue weighted by molar-refractivity contribution is -0.115. The molecule has 2 aromatic carbocycles. The molecule has 0 saturated carbocycles. The molecule has 0 fully saturated rings. The molecule has 6 nitrogen and oxygen atoms in total. The van der Waals surface area contributed by atoms with E-state index in [9.17, 15) is 9.59 Å². The van der Waals surface area contributed by atoms with Crippen molar-refractivity contribution >= 4 is 34.3 Å². The lowest BCUT2D eigenvalue weighted by atomic mass is 10.2. The fourth-order valence-electron chi connectivity index (χ4n) is 2.91. The molecule has 1 aromatic heterocycles. The van der Waals surface area contributed by atoms with Gasteiger partial charge in [0.15, 0.2) is 5.16 Å². The van der Waals surface area contributed by atoms with E-state index < -0.39 is 5.25 Å². The molecule has 0 aliphatic carbocycles. The van der Waals surface area contributed by atoms with Gasteiger partial charge in [-0.15, -0.1) is 0 Å². The van der Waals surface area contributed by atoms with Crippen LogP contribution in [0.1, 0.15) is 26.7 Å². The van der Waals surface area contributed by atoms with E-state index in [4.69, 9.17) is 4.74 Å². The van der Waals surface area contributed by atoms with E-state index in [1.54, 1.807) is 23.8 Å². The van der Waals surface area contributed by atoms with Gasteiger partial charge >= 0.3 is 0 Å². The van der Waals surface area contributed by atoms with E-state index in [0.717, 1.165) is 12.8 Å². The zero-order valence-electron chi connectivity index (χ0n) is 16.8. The van der Waals surface area contributed by atoms with Crippen molar-refractivity contribution in [2.75, 3.05) is 12.4 Å². The number of methoxy groups -OCH3 is 1. The summed E-state index contributed by atoms with van der Waals surface area (Å²) in [5, 5.41) is 3.63. The first-order chi connectivity index (χ1) is 14.0. The van der Waals surface area contributed by atoms with Crippen LogP contribution in [0.4, 0.5) is 5.69 Å². The van der Waals surface area contributed by atoms with Crippen LogP contribution in [-0.4, -0.2) is 27.8 Å². The Morgan fingerprint density at radius 2 is 2.03 bits per heavy atom. The van der Waals surface area contributed by atoms with Gasteiger partial charge in [-0.25, -0.2) is 4.98 Å². The van der Waals surface area contributed by atoms with Gasteiger partial charge in [-0.1, -0.05) is 43.3 Å². The Hall–Kier alpha value is -2.80. The summed E-state index contributed by atoms with van der Waals surface area (Å²) in [7, 11) is 1.58. The summed E-state index contributed by atoms with van der Waals surface area (Å²) in [6, 6.07) is 14.5. The predicted octanol–water partition coefficient (Wildman–Crippen LogP) is 4.32. The Morgan fingerprint density at radius 3 is 2.79 bits per heavy atom. The SMILES string of the molecule is CCCCn1c(S[C@H](C)C(=O)Nc2cccc(OC)c2)nc2ccccc2c1=O. The van der Waals surface area contributed by atoms with Crippen LogP contribution in [0.5, 0.6) is 5.75 Å². The van der Waals surface area contributed by atoms with Crippen LogP contribution in [-0.2, 0) is 11.3 Å². The number of para-hydroxylation sites is 1. The van der Waals surface area contributed by atoms with E-state index in [-0.39, 0.29) is 11.5 Å². The number of nitrogens with zero attached hydrogens (tertiary/aromatic N) is 2. The van der Waals surface area contributed by atoms with Crippen LogP contribution >= 0.6 is 11.8 Å². The zero-order valence-corrected chi connectivity index (χ0v) is 17.7. The van der Waals surface area contributed by atoms with Gasteiger partial charge in [-0.3, -0.25) is 14.2 Å². The van der Waals surface area contributed by atoms with Crippen molar-refractivity contribution in [2.45, 2.75) is 43.6 Å². The molecule has 1 amide bonds. The Balaban J connectivity index is 1.85. The molecule has 3 rings (SSSR count). The number of thioether (sulfide) groups is 1. The van der Waals surface area contributed by atoms with Gasteiger partial charge in [-0.2, -0.15) is 0 Å². The number of nitrogens with one attached hydrogen (secondary N) is 1. The summed E-state index contributed by atoms with van der Waals surface area (Å²) in [5.74, 6) is 0.514. The van der Waals surface area contributed by atoms with Gasteiger partial charge in [0, 0.05) is 18.3 Å². The minimum atomic E-state index is -0.429. The molecular formula is C22H25N3O3S. The van der Waals surface area contributed by atoms with Crippen molar-refractivity contribution in [1.82, 2.24) is 9.55 Å². The van der Waals surface area contributed by atoms with Crippen LogP contribution in [0.15, 0.2) is 58.5 Å². The number of unbranched alkanes of at least 4 members (excludes halogenated alkanes) is 1. The molecule has 0 radical (unpaired) electrons. The zero-order chi connectivity index (χ0) is 20.8. The summed E-state index contributed by atoms with van der Waals surface area (Å²) in [6.07, 6.45) is 1.84. The molecule has 0 spiro atoms. The first-order valence-electron chi connectivity index (χ1n) is 9.64. The second-order valence-corrected chi connectivity index (χ2v) is 8.01. The summed E-state index contributed by atoms with van der Waals surface area (Å²) in [4.78, 5) is 30.3. The van der Waals surface area contributed by atoms with Gasteiger partial charge in [0.2, 0.25) is 5.91 Å². The third-order valence-electron chi connectivity index (χ3n) is 4.55. The highest BCUT2D eigenvalue weighted by molar-refractivity contribution is 8.00. The number of ether oxygens (including phenoxy) is 1. The van der Waals surface area contributed by atoms with E-state index in [2.05, 4.69) is 17.2 Å². The van der Waals surface area contributed by atoms with Crippen molar-refractivity contribution in [3.63, 3.8) is 0 Å². The average Bonchev–Trinajstić information content (AvgIpc) is 2.73. The smallest absolute Gasteiger partial charge is 0.262 e. The number of carbonyl (C=O) groups excluding carboxylic acids is 1. The summed E-state index contributed by atoms with van der Waals surface area (Å²) in [6.45, 7) is 4.47. The maximum atomic E-state index is 13.0. The highest BCUT2D eigenvalue weighted by atomic mass is 32.2. The number of hydrogen-bond donors (Lipinski definition) is 1. The number of amides is 1. The number of anilines is 1. The second-order valence-electron chi connectivity index (χ2n) is 6.70. The standard InChI is InChI=1S/C22H25N3O3S/c1-4-5-13-25-21(27)18-11-6-7-12-19(18)24-22(25)29-15(2)20(26)23-16-9-8-10-17(14-16)28-3/h6-12,14-15H,4-5,13H2,1-3H3,(H,23,26)/t15-/m1/s1. The van der Waals surface area contributed by atoms with Crippen molar-refractivity contribution in [2.24, 2.45) is 0 Å². The van der Waals surface area contributed by atoms with E-state index in [1.165, 1.54) is 11.8 Å². The second kappa shape index (κ2) is 9.60. The first-order valence-corrected chi connectivity index (χ1v) is 10.5. The maximum Gasteiger partial charge on any atom is 0.262 e. The molecule has 0 aliphatic heterocycles. The maximum absolute atomic E-state index is 13.0. The van der Waals surface area contributed by atoms with E-state index >= 15 is 0 Å². The normalized spacial score (nSPS) is 12.0. The van der Waals surface area contributed by atoms with Crippen LogP contribution in [0.25, 0.3) is 10.9 Å². The van der Waals surface area contributed by atoms with Crippen LogP contribution in [0.2, 0.25) is 0 Å². The van der Waals surface area contributed by atoms with E-state index in [1.807, 2.05) is 43.3 Å². The fraction of sp³-hybridized carbons (Fsp3) is 0.318. The lowest BCUT2D eigenvalue weighted by Crippen LogP contribution is -2.27. The lowest BCUT2D eigenvalue weighted by Gasteiger charge is -2.16. The average molecular weight is 412 g/mol. The molecule has 1 N–H and O–H groups in total. The molecule has 0 unspecified atom stereocenters. The van der Waals surface area contributed by atoms with Gasteiger partial charge in [0.1, 0.15) is 5.75 Å². The molecule has 1 atom stereocenters. The minimum Gasteiger partial charge on any atom is -0.497 e. The molecule has 29 heavy (non-hydrogen) atoms. The van der Waals surface area contributed by atoms with Gasteiger partial charge in [-0.05, 0) is 37.6 Å².